The van der Waals surface area contributed by atoms with E-state index in [0.717, 1.165) is 91.2 Å². The first-order chi connectivity index (χ1) is 23.4. The Morgan fingerprint density at radius 3 is 2.62 bits per heavy atom. The first-order valence-corrected chi connectivity index (χ1v) is 16.9. The monoisotopic (exact) mass is 647 g/mol. The van der Waals surface area contributed by atoms with Crippen LogP contribution < -0.4 is 10.6 Å². The second-order valence-corrected chi connectivity index (χ2v) is 13.3. The van der Waals surface area contributed by atoms with Gasteiger partial charge in [-0.2, -0.15) is 5.10 Å². The highest BCUT2D eigenvalue weighted by atomic mass is 16.5. The number of hydrogen-bond acceptors (Lipinski definition) is 9. The Labute approximate surface area is 277 Å². The van der Waals surface area contributed by atoms with Gasteiger partial charge in [-0.15, -0.1) is 0 Å². The Morgan fingerprint density at radius 1 is 0.958 bits per heavy atom. The summed E-state index contributed by atoms with van der Waals surface area (Å²) in [5, 5.41) is 10.3. The maximum Gasteiger partial charge on any atom is 0.262 e. The van der Waals surface area contributed by atoms with Crippen molar-refractivity contribution in [1.82, 2.24) is 30.0 Å². The molecule has 4 aromatic rings. The molecule has 5 heterocycles. The number of rotatable bonds is 9. The number of aromatic nitrogens is 4. The molecule has 2 N–H and O–H groups in total. The standard InChI is InChI=1S/C36H37N7O5/c44-32-9-8-31(34(45)41-32)43-35(46)27-7-6-24(17-28(27)36(43)47)37-12-2-3-21-15-25(16-21)42-20-23(18-39-42)30-19-38-33-26(4-1-5-29(33)40-30)22-10-13-48-14-11-22/h1,4-7,17-22,25,31,37H,2-3,8-16H2,(H,41,44,45)/t21-,25-,31?. The summed E-state index contributed by atoms with van der Waals surface area (Å²) < 4.78 is 7.62. The lowest BCUT2D eigenvalue weighted by atomic mass is 9.77. The average molecular weight is 648 g/mol. The molecule has 2 saturated heterocycles. The zero-order chi connectivity index (χ0) is 32.8. The van der Waals surface area contributed by atoms with Crippen molar-refractivity contribution in [3.05, 3.63) is 71.7 Å². The van der Waals surface area contributed by atoms with Crippen LogP contribution in [0.1, 0.15) is 89.6 Å². The molecule has 12 heteroatoms. The van der Waals surface area contributed by atoms with Crippen molar-refractivity contribution >= 4 is 40.3 Å². The smallest absolute Gasteiger partial charge is 0.262 e. The van der Waals surface area contributed by atoms with Gasteiger partial charge in [0.2, 0.25) is 11.8 Å². The van der Waals surface area contributed by atoms with Gasteiger partial charge in [0.1, 0.15) is 6.04 Å². The Morgan fingerprint density at radius 2 is 1.79 bits per heavy atom. The normalized spacial score (nSPS) is 22.9. The van der Waals surface area contributed by atoms with Gasteiger partial charge in [0.25, 0.3) is 11.8 Å². The molecule has 4 aliphatic rings. The van der Waals surface area contributed by atoms with Crippen molar-refractivity contribution in [2.45, 2.75) is 69.4 Å². The molecule has 1 saturated carbocycles. The first kappa shape index (κ1) is 30.4. The number of nitrogens with zero attached hydrogens (tertiary/aromatic N) is 5. The summed E-state index contributed by atoms with van der Waals surface area (Å²) in [5.74, 6) is -0.907. The van der Waals surface area contributed by atoms with Gasteiger partial charge < -0.3 is 10.1 Å². The lowest BCUT2D eigenvalue weighted by Gasteiger charge is -2.35. The number of imide groups is 2. The summed E-state index contributed by atoms with van der Waals surface area (Å²) in [7, 11) is 0. The zero-order valence-corrected chi connectivity index (χ0v) is 26.6. The molecular formula is C36H37N7O5. The molecule has 4 amide bonds. The van der Waals surface area contributed by atoms with Gasteiger partial charge in [-0.05, 0) is 86.6 Å². The average Bonchev–Trinajstić information content (AvgIpc) is 3.66. The van der Waals surface area contributed by atoms with E-state index in [9.17, 15) is 19.2 Å². The van der Waals surface area contributed by atoms with Crippen LogP contribution >= 0.6 is 0 Å². The van der Waals surface area contributed by atoms with E-state index in [1.165, 1.54) is 5.56 Å². The molecule has 12 nitrogen and oxygen atoms in total. The molecule has 246 valence electrons. The Hall–Kier alpha value is -4.97. The third-order valence-corrected chi connectivity index (χ3v) is 10.3. The summed E-state index contributed by atoms with van der Waals surface area (Å²) in [5.41, 5.74) is 6.29. The van der Waals surface area contributed by atoms with Crippen molar-refractivity contribution in [1.29, 1.82) is 0 Å². The highest BCUT2D eigenvalue weighted by Gasteiger charge is 2.44. The topological polar surface area (TPSA) is 148 Å². The molecule has 48 heavy (non-hydrogen) atoms. The van der Waals surface area contributed by atoms with E-state index in [2.05, 4.69) is 38.7 Å². The summed E-state index contributed by atoms with van der Waals surface area (Å²) in [6.45, 7) is 2.33. The van der Waals surface area contributed by atoms with Crippen molar-refractivity contribution in [3.8, 4) is 11.3 Å². The van der Waals surface area contributed by atoms with Gasteiger partial charge in [-0.3, -0.25) is 39.1 Å². The lowest BCUT2D eigenvalue weighted by Crippen LogP contribution is -2.54. The highest BCUT2D eigenvalue weighted by molar-refractivity contribution is 6.23. The van der Waals surface area contributed by atoms with Crippen LogP contribution in [0.3, 0.4) is 0 Å². The number of piperidine rings is 1. The van der Waals surface area contributed by atoms with Crippen LogP contribution in [0.2, 0.25) is 0 Å². The van der Waals surface area contributed by atoms with Crippen LogP contribution in [-0.4, -0.2) is 74.1 Å². The summed E-state index contributed by atoms with van der Waals surface area (Å²) in [6, 6.07) is 10.8. The van der Waals surface area contributed by atoms with Gasteiger partial charge in [0, 0.05) is 43.6 Å². The fraction of sp³-hybridized carbons (Fsp3) is 0.417. The predicted octanol–water partition coefficient (Wildman–Crippen LogP) is 4.63. The minimum absolute atomic E-state index is 0.0972. The molecule has 0 radical (unpaired) electrons. The summed E-state index contributed by atoms with van der Waals surface area (Å²) in [6.07, 6.45) is 12.3. The van der Waals surface area contributed by atoms with Crippen molar-refractivity contribution in [3.63, 3.8) is 0 Å². The van der Waals surface area contributed by atoms with Gasteiger partial charge in [0.05, 0.1) is 46.3 Å². The van der Waals surface area contributed by atoms with Crippen LogP contribution in [-0.2, 0) is 14.3 Å². The minimum atomic E-state index is -0.964. The number of fused-ring (bicyclic) bond motifs is 2. The Bertz CT molecular complexity index is 1930. The molecule has 1 aliphatic carbocycles. The zero-order valence-electron chi connectivity index (χ0n) is 26.6. The van der Waals surface area contributed by atoms with Gasteiger partial charge >= 0.3 is 0 Å². The van der Waals surface area contributed by atoms with E-state index in [-0.39, 0.29) is 29.9 Å². The molecule has 3 fully saturated rings. The number of ether oxygens (including phenoxy) is 1. The van der Waals surface area contributed by atoms with E-state index < -0.39 is 23.8 Å². The Kier molecular flexibility index (Phi) is 7.95. The second kappa shape index (κ2) is 12.6. The predicted molar refractivity (Wildman–Crippen MR) is 176 cm³/mol. The number of nitrogens with one attached hydrogen (secondary N) is 2. The molecule has 0 bridgehead atoms. The number of benzene rings is 2. The van der Waals surface area contributed by atoms with E-state index in [0.29, 0.717) is 17.9 Å². The number of amides is 4. The lowest BCUT2D eigenvalue weighted by molar-refractivity contribution is -0.136. The van der Waals surface area contributed by atoms with Gasteiger partial charge in [-0.1, -0.05) is 12.1 Å². The van der Waals surface area contributed by atoms with Crippen LogP contribution in [0.25, 0.3) is 22.3 Å². The molecule has 3 aliphatic heterocycles. The number of carbonyl (C=O) groups excluding carboxylic acids is 4. The molecule has 0 spiro atoms. The summed E-state index contributed by atoms with van der Waals surface area (Å²) in [4.78, 5) is 60.6. The van der Waals surface area contributed by atoms with Crippen LogP contribution in [0.15, 0.2) is 55.0 Å². The number of anilines is 1. The second-order valence-electron chi connectivity index (χ2n) is 13.3. The van der Waals surface area contributed by atoms with Crippen LogP contribution in [0, 0.1) is 5.92 Å². The molecular weight excluding hydrogens is 610 g/mol. The van der Waals surface area contributed by atoms with Gasteiger partial charge in [0.15, 0.2) is 0 Å². The van der Waals surface area contributed by atoms with E-state index in [4.69, 9.17) is 14.7 Å². The highest BCUT2D eigenvalue weighted by Crippen LogP contribution is 2.41. The number of hydrogen-bond donors (Lipinski definition) is 2. The van der Waals surface area contributed by atoms with Crippen molar-refractivity contribution in [2.24, 2.45) is 5.92 Å². The third kappa shape index (κ3) is 5.63. The molecule has 8 rings (SSSR count). The minimum Gasteiger partial charge on any atom is -0.385 e. The largest absolute Gasteiger partial charge is 0.385 e. The quantitative estimate of drug-likeness (QED) is 0.196. The van der Waals surface area contributed by atoms with E-state index in [1.807, 2.05) is 18.5 Å². The van der Waals surface area contributed by atoms with Crippen LogP contribution in [0.5, 0.6) is 0 Å². The van der Waals surface area contributed by atoms with Crippen LogP contribution in [0.4, 0.5) is 5.69 Å². The van der Waals surface area contributed by atoms with Crippen molar-refractivity contribution in [2.75, 3.05) is 25.1 Å². The summed E-state index contributed by atoms with van der Waals surface area (Å²) >= 11 is 0. The molecule has 1 atom stereocenters. The van der Waals surface area contributed by atoms with E-state index >= 15 is 0 Å². The van der Waals surface area contributed by atoms with Crippen molar-refractivity contribution < 1.29 is 23.9 Å². The molecule has 2 aromatic carbocycles. The Balaban J connectivity index is 0.820. The maximum absolute atomic E-state index is 13.1. The molecule has 1 unspecified atom stereocenters. The van der Waals surface area contributed by atoms with Gasteiger partial charge in [-0.25, -0.2) is 4.98 Å². The maximum atomic E-state index is 13.1. The first-order valence-electron chi connectivity index (χ1n) is 16.9. The molecule has 2 aromatic heterocycles. The SMILES string of the molecule is O=C1CCC(N2C(=O)c3ccc(NCCC[C@H]4C[C@H](n5cc(-c6cnc7c(C8CCOCC8)cccc7n6)cn5)C4)cc3C2=O)C(=O)N1. The fourth-order valence-electron chi connectivity index (χ4n) is 7.57. The number of para-hydroxylation sites is 1. The fourth-order valence-corrected chi connectivity index (χ4v) is 7.57. The van der Waals surface area contributed by atoms with E-state index in [1.54, 1.807) is 18.2 Å². The third-order valence-electron chi connectivity index (χ3n) is 10.3. The number of carbonyl (C=O) groups is 4.